The van der Waals surface area contributed by atoms with E-state index in [2.05, 4.69) is 0 Å². The Kier molecular flexibility index (Phi) is 4.88. The second kappa shape index (κ2) is 6.18. The number of carbonyl (C=O) groups excluding carboxylic acids is 1. The number of hydrogen-bond donors (Lipinski definition) is 2. The zero-order chi connectivity index (χ0) is 13.7. The average molecular weight is 256 g/mol. The Morgan fingerprint density at radius 1 is 1.28 bits per heavy atom. The molecule has 0 radical (unpaired) electrons. The predicted octanol–water partition coefficient (Wildman–Crippen LogP) is 1.20. The molecule has 0 saturated heterocycles. The van der Waals surface area contributed by atoms with Crippen LogP contribution in [0.4, 0.5) is 0 Å². The van der Waals surface area contributed by atoms with Crippen LogP contribution in [-0.2, 0) is 19.1 Å². The number of esters is 1. The molecule has 1 aliphatic rings. The summed E-state index contributed by atoms with van der Waals surface area (Å²) in [5, 5.41) is 17.1. The van der Waals surface area contributed by atoms with E-state index in [0.29, 0.717) is 5.57 Å². The molecule has 0 aromatic heterocycles. The molecule has 0 aromatic rings. The quantitative estimate of drug-likeness (QED) is 0.692. The smallest absolute Gasteiger partial charge is 0.333 e. The highest BCUT2D eigenvalue weighted by molar-refractivity contribution is 5.90. The van der Waals surface area contributed by atoms with Crippen molar-refractivity contribution >= 4 is 17.9 Å². The molecule has 0 unspecified atom stereocenters. The van der Waals surface area contributed by atoms with Gasteiger partial charge in [-0.3, -0.25) is 9.59 Å². The minimum atomic E-state index is -0.968. The third-order valence-corrected chi connectivity index (χ3v) is 2.82. The van der Waals surface area contributed by atoms with Crippen LogP contribution >= 0.6 is 0 Å². The minimum absolute atomic E-state index is 0.0550. The number of hydrogen-bond acceptors (Lipinski definition) is 4. The summed E-state index contributed by atoms with van der Waals surface area (Å²) in [6.45, 7) is 1.82. The van der Waals surface area contributed by atoms with Gasteiger partial charge in [0.05, 0.1) is 0 Å². The van der Waals surface area contributed by atoms with E-state index in [1.807, 2.05) is 6.92 Å². The van der Waals surface area contributed by atoms with Crippen LogP contribution in [0.25, 0.3) is 0 Å². The molecule has 0 saturated carbocycles. The maximum atomic E-state index is 11.6. The van der Waals surface area contributed by atoms with Crippen LogP contribution in [0.3, 0.4) is 0 Å². The van der Waals surface area contributed by atoms with Crippen molar-refractivity contribution in [3.8, 4) is 0 Å². The van der Waals surface area contributed by atoms with Gasteiger partial charge in [-0.1, -0.05) is 13.0 Å². The van der Waals surface area contributed by atoms with Crippen LogP contribution in [0.15, 0.2) is 11.6 Å². The van der Waals surface area contributed by atoms with Gasteiger partial charge in [0.2, 0.25) is 0 Å². The summed E-state index contributed by atoms with van der Waals surface area (Å²) in [5.41, 5.74) is 0.358. The first kappa shape index (κ1) is 14.2. The fourth-order valence-electron chi connectivity index (χ4n) is 1.83. The lowest BCUT2D eigenvalue weighted by Crippen LogP contribution is -2.31. The highest BCUT2D eigenvalue weighted by atomic mass is 16.5. The van der Waals surface area contributed by atoms with Gasteiger partial charge < -0.3 is 14.9 Å². The maximum absolute atomic E-state index is 11.6. The highest BCUT2D eigenvalue weighted by Gasteiger charge is 2.28. The molecule has 1 rings (SSSR count). The van der Waals surface area contributed by atoms with E-state index in [9.17, 15) is 14.4 Å². The van der Waals surface area contributed by atoms with E-state index >= 15 is 0 Å². The Bertz CT molecular complexity index is 384. The summed E-state index contributed by atoms with van der Waals surface area (Å²) in [5.74, 6) is -2.53. The SMILES string of the molecule is C[C@H]1C=C(CCC(=O)O)C(=O)O[C@H]1CCC(=O)O. The van der Waals surface area contributed by atoms with Crippen molar-refractivity contribution in [1.29, 1.82) is 0 Å². The second-order valence-electron chi connectivity index (χ2n) is 4.32. The number of carbonyl (C=O) groups is 3. The van der Waals surface area contributed by atoms with Crippen molar-refractivity contribution in [2.24, 2.45) is 5.92 Å². The maximum Gasteiger partial charge on any atom is 0.333 e. The molecule has 0 amide bonds. The zero-order valence-corrected chi connectivity index (χ0v) is 10.1. The summed E-state index contributed by atoms with van der Waals surface area (Å²) < 4.78 is 5.13. The lowest BCUT2D eigenvalue weighted by molar-refractivity contribution is -0.150. The van der Waals surface area contributed by atoms with Crippen molar-refractivity contribution in [1.82, 2.24) is 0 Å². The molecule has 0 fully saturated rings. The molecule has 0 spiro atoms. The Labute approximate surface area is 104 Å². The number of rotatable bonds is 6. The van der Waals surface area contributed by atoms with Gasteiger partial charge in [-0.2, -0.15) is 0 Å². The van der Waals surface area contributed by atoms with E-state index in [4.69, 9.17) is 14.9 Å². The van der Waals surface area contributed by atoms with Gasteiger partial charge in [-0.15, -0.1) is 0 Å². The molecule has 2 atom stereocenters. The van der Waals surface area contributed by atoms with Crippen LogP contribution in [0.5, 0.6) is 0 Å². The molecule has 0 bridgehead atoms. The lowest BCUT2D eigenvalue weighted by atomic mass is 9.93. The van der Waals surface area contributed by atoms with Crippen molar-refractivity contribution in [2.75, 3.05) is 0 Å². The van der Waals surface area contributed by atoms with Crippen molar-refractivity contribution in [3.05, 3.63) is 11.6 Å². The third kappa shape index (κ3) is 4.20. The number of cyclic esters (lactones) is 1. The van der Waals surface area contributed by atoms with Crippen LogP contribution in [0.2, 0.25) is 0 Å². The molecule has 2 N–H and O–H groups in total. The van der Waals surface area contributed by atoms with Crippen LogP contribution < -0.4 is 0 Å². The first-order valence-electron chi connectivity index (χ1n) is 5.75. The topological polar surface area (TPSA) is 101 Å². The summed E-state index contributed by atoms with van der Waals surface area (Å²) in [6.07, 6.45) is 1.48. The average Bonchev–Trinajstić information content (AvgIpc) is 2.27. The van der Waals surface area contributed by atoms with Gasteiger partial charge in [0.15, 0.2) is 0 Å². The molecular formula is C12H16O6. The fourth-order valence-corrected chi connectivity index (χ4v) is 1.83. The second-order valence-corrected chi connectivity index (χ2v) is 4.32. The van der Waals surface area contributed by atoms with Gasteiger partial charge in [0.1, 0.15) is 6.10 Å². The van der Waals surface area contributed by atoms with Crippen molar-refractivity contribution in [2.45, 2.75) is 38.7 Å². The summed E-state index contributed by atoms with van der Waals surface area (Å²) in [7, 11) is 0. The molecule has 0 aromatic carbocycles. The number of aliphatic carboxylic acids is 2. The zero-order valence-electron chi connectivity index (χ0n) is 10.1. The standard InChI is InChI=1S/C12H16O6/c1-7-6-8(2-4-10(13)14)12(17)18-9(7)3-5-11(15)16/h6-7,9H,2-5H2,1H3,(H,13,14)(H,15,16)/t7-,9-/m0/s1. The van der Waals surface area contributed by atoms with Crippen LogP contribution in [0.1, 0.15) is 32.6 Å². The molecule has 1 heterocycles. The molecule has 6 heteroatoms. The van der Waals surface area contributed by atoms with E-state index in [1.165, 1.54) is 0 Å². The number of carboxylic acids is 2. The molecule has 0 aliphatic carbocycles. The fraction of sp³-hybridized carbons (Fsp3) is 0.583. The summed E-state index contributed by atoms with van der Waals surface area (Å²) in [6, 6.07) is 0. The summed E-state index contributed by atoms with van der Waals surface area (Å²) >= 11 is 0. The Hall–Kier alpha value is -1.85. The van der Waals surface area contributed by atoms with Gasteiger partial charge in [-0.25, -0.2) is 4.79 Å². The predicted molar refractivity (Wildman–Crippen MR) is 60.9 cm³/mol. The molecule has 1 aliphatic heterocycles. The highest BCUT2D eigenvalue weighted by Crippen LogP contribution is 2.25. The Morgan fingerprint density at radius 3 is 2.44 bits per heavy atom. The van der Waals surface area contributed by atoms with Gasteiger partial charge >= 0.3 is 17.9 Å². The minimum Gasteiger partial charge on any atom is -0.481 e. The first-order valence-corrected chi connectivity index (χ1v) is 5.75. The largest absolute Gasteiger partial charge is 0.481 e. The van der Waals surface area contributed by atoms with Crippen molar-refractivity contribution in [3.63, 3.8) is 0 Å². The molecule has 18 heavy (non-hydrogen) atoms. The molecular weight excluding hydrogens is 240 g/mol. The van der Waals surface area contributed by atoms with E-state index < -0.39 is 24.0 Å². The van der Waals surface area contributed by atoms with Gasteiger partial charge in [0.25, 0.3) is 0 Å². The van der Waals surface area contributed by atoms with E-state index in [-0.39, 0.29) is 31.6 Å². The lowest BCUT2D eigenvalue weighted by Gasteiger charge is -2.27. The number of carboxylic acid groups (broad SMARTS) is 2. The van der Waals surface area contributed by atoms with E-state index in [1.54, 1.807) is 6.08 Å². The molecule has 100 valence electrons. The summed E-state index contributed by atoms with van der Waals surface area (Å²) in [4.78, 5) is 32.5. The monoisotopic (exact) mass is 256 g/mol. The normalized spacial score (nSPS) is 23.2. The van der Waals surface area contributed by atoms with E-state index in [0.717, 1.165) is 0 Å². The van der Waals surface area contributed by atoms with Gasteiger partial charge in [-0.05, 0) is 12.8 Å². The number of ether oxygens (including phenoxy) is 1. The first-order chi connectivity index (χ1) is 8.40. The van der Waals surface area contributed by atoms with Crippen molar-refractivity contribution < 1.29 is 29.3 Å². The van der Waals surface area contributed by atoms with Crippen LogP contribution in [0, 0.1) is 5.92 Å². The third-order valence-electron chi connectivity index (χ3n) is 2.82. The van der Waals surface area contributed by atoms with Gasteiger partial charge in [0, 0.05) is 24.3 Å². The molecule has 6 nitrogen and oxygen atoms in total. The Morgan fingerprint density at radius 2 is 1.89 bits per heavy atom. The van der Waals surface area contributed by atoms with Crippen LogP contribution in [-0.4, -0.2) is 34.2 Å². The Balaban J connectivity index is 2.59.